The van der Waals surface area contributed by atoms with Crippen LogP contribution in [0.15, 0.2) is 18.2 Å². The number of amides is 3. The molecule has 0 aliphatic carbocycles. The number of anilines is 1. The quantitative estimate of drug-likeness (QED) is 0.741. The Labute approximate surface area is 177 Å². The van der Waals surface area contributed by atoms with Crippen LogP contribution in [-0.4, -0.2) is 61.1 Å². The molecule has 2 N–H and O–H groups in total. The Morgan fingerprint density at radius 1 is 1.20 bits per heavy atom. The van der Waals surface area contributed by atoms with Crippen LogP contribution < -0.4 is 15.4 Å². The first kappa shape index (κ1) is 22.1. The first-order valence-electron chi connectivity index (χ1n) is 10.7. The van der Waals surface area contributed by atoms with Crippen molar-refractivity contribution in [2.45, 2.75) is 64.2 Å². The number of benzene rings is 1. The number of carbonyl (C=O) groups is 3. The second-order valence-electron chi connectivity index (χ2n) is 7.84. The molecule has 0 saturated carbocycles. The van der Waals surface area contributed by atoms with E-state index < -0.39 is 0 Å². The second-order valence-corrected chi connectivity index (χ2v) is 7.84. The lowest BCUT2D eigenvalue weighted by Crippen LogP contribution is -2.54. The van der Waals surface area contributed by atoms with Crippen molar-refractivity contribution in [2.75, 3.05) is 25.5 Å². The van der Waals surface area contributed by atoms with E-state index in [-0.39, 0.29) is 36.0 Å². The van der Waals surface area contributed by atoms with Crippen molar-refractivity contribution in [1.29, 1.82) is 0 Å². The molecule has 2 heterocycles. The molecule has 1 fully saturated rings. The van der Waals surface area contributed by atoms with Gasteiger partial charge in [-0.05, 0) is 37.5 Å². The summed E-state index contributed by atoms with van der Waals surface area (Å²) in [5.41, 5.74) is 0.993. The highest BCUT2D eigenvalue weighted by Crippen LogP contribution is 2.32. The lowest BCUT2D eigenvalue weighted by molar-refractivity contribution is -0.134. The van der Waals surface area contributed by atoms with E-state index in [1.54, 1.807) is 37.1 Å². The summed E-state index contributed by atoms with van der Waals surface area (Å²) in [6.45, 7) is 4.74. The molecule has 3 amide bonds. The van der Waals surface area contributed by atoms with E-state index in [0.29, 0.717) is 49.4 Å². The minimum Gasteiger partial charge on any atom is -0.490 e. The predicted octanol–water partition coefficient (Wildman–Crippen LogP) is 2.33. The molecule has 3 atom stereocenters. The summed E-state index contributed by atoms with van der Waals surface area (Å²) in [4.78, 5) is 38.6. The number of nitrogens with zero attached hydrogens (tertiary/aromatic N) is 1. The first-order valence-corrected chi connectivity index (χ1v) is 10.7. The maximum Gasteiger partial charge on any atom is 0.257 e. The van der Waals surface area contributed by atoms with Crippen molar-refractivity contribution in [3.05, 3.63) is 23.8 Å². The van der Waals surface area contributed by atoms with Crippen LogP contribution in [0.5, 0.6) is 5.75 Å². The van der Waals surface area contributed by atoms with E-state index in [2.05, 4.69) is 10.6 Å². The van der Waals surface area contributed by atoms with Crippen LogP contribution in [0, 0.1) is 0 Å². The molecule has 2 aliphatic heterocycles. The molecule has 1 aromatic rings. The lowest BCUT2D eigenvalue weighted by atomic mass is 9.94. The van der Waals surface area contributed by atoms with Crippen LogP contribution in [-0.2, 0) is 14.3 Å². The molecule has 30 heavy (non-hydrogen) atoms. The molecule has 1 aromatic carbocycles. The molecule has 8 heteroatoms. The fraction of sp³-hybridized carbons (Fsp3) is 0.591. The molecule has 0 unspecified atom stereocenters. The second kappa shape index (κ2) is 9.93. The highest BCUT2D eigenvalue weighted by molar-refractivity contribution is 5.99. The highest BCUT2D eigenvalue weighted by Gasteiger charge is 2.39. The zero-order valence-corrected chi connectivity index (χ0v) is 17.9. The topological polar surface area (TPSA) is 97.0 Å². The Hall–Kier alpha value is -2.61. The van der Waals surface area contributed by atoms with Gasteiger partial charge in [-0.3, -0.25) is 14.4 Å². The summed E-state index contributed by atoms with van der Waals surface area (Å²) in [5, 5.41) is 5.66. The van der Waals surface area contributed by atoms with Gasteiger partial charge in [-0.15, -0.1) is 0 Å². The van der Waals surface area contributed by atoms with Crippen LogP contribution in [0.2, 0.25) is 0 Å². The number of likely N-dealkylation sites (N-methyl/N-ethyl adjacent to an activating group) is 1. The van der Waals surface area contributed by atoms with Crippen molar-refractivity contribution in [1.82, 2.24) is 10.2 Å². The van der Waals surface area contributed by atoms with Gasteiger partial charge in [0.1, 0.15) is 18.5 Å². The van der Waals surface area contributed by atoms with Gasteiger partial charge >= 0.3 is 0 Å². The Balaban J connectivity index is 1.72. The summed E-state index contributed by atoms with van der Waals surface area (Å²) in [5.74, 6) is 0.169. The molecule has 0 spiro atoms. The van der Waals surface area contributed by atoms with E-state index in [1.807, 2.05) is 6.92 Å². The maximum atomic E-state index is 13.1. The van der Waals surface area contributed by atoms with Gasteiger partial charge < -0.3 is 25.0 Å². The zero-order chi connectivity index (χ0) is 21.7. The van der Waals surface area contributed by atoms with E-state index in [4.69, 9.17) is 9.47 Å². The molecular weight excluding hydrogens is 386 g/mol. The normalized spacial score (nSPS) is 23.4. The Morgan fingerprint density at radius 2 is 2.00 bits per heavy atom. The molecule has 164 valence electrons. The summed E-state index contributed by atoms with van der Waals surface area (Å²) in [6.07, 6.45) is 2.54. The number of hydrogen-bond acceptors (Lipinski definition) is 5. The number of ether oxygens (including phenoxy) is 2. The molecule has 2 aliphatic rings. The van der Waals surface area contributed by atoms with Gasteiger partial charge in [0.15, 0.2) is 0 Å². The predicted molar refractivity (Wildman–Crippen MR) is 113 cm³/mol. The van der Waals surface area contributed by atoms with Crippen molar-refractivity contribution in [3.8, 4) is 5.75 Å². The zero-order valence-electron chi connectivity index (χ0n) is 17.9. The number of rotatable bonds is 6. The number of hydrogen-bond donors (Lipinski definition) is 2. The lowest BCUT2D eigenvalue weighted by Gasteiger charge is -2.42. The third kappa shape index (κ3) is 5.11. The van der Waals surface area contributed by atoms with E-state index >= 15 is 0 Å². The van der Waals surface area contributed by atoms with Gasteiger partial charge in [-0.25, -0.2) is 0 Å². The fourth-order valence-corrected chi connectivity index (χ4v) is 3.90. The largest absolute Gasteiger partial charge is 0.490 e. The van der Waals surface area contributed by atoms with Crippen molar-refractivity contribution in [3.63, 3.8) is 0 Å². The van der Waals surface area contributed by atoms with Crippen molar-refractivity contribution in [2.24, 2.45) is 0 Å². The summed E-state index contributed by atoms with van der Waals surface area (Å²) in [6, 6.07) is 4.95. The Morgan fingerprint density at radius 3 is 2.73 bits per heavy atom. The first-order chi connectivity index (χ1) is 14.4. The highest BCUT2D eigenvalue weighted by atomic mass is 16.5. The average molecular weight is 418 g/mol. The standard InChI is InChI=1S/C22H31N3O5/c1-4-10-23-21(27)12-15-7-8-17-19(30-15)13-29-18-9-6-14(24-20(26)5-2)11-16(18)22(28)25(17)3/h6,9,11,15,17,19H,4-5,7-8,10,12-13H2,1-3H3,(H,23,27)(H,24,26)/t15-,17+,19+/m0/s1. The average Bonchev–Trinajstić information content (AvgIpc) is 2.75. The molecule has 3 rings (SSSR count). The summed E-state index contributed by atoms with van der Waals surface area (Å²) >= 11 is 0. The molecule has 0 radical (unpaired) electrons. The molecule has 8 nitrogen and oxygen atoms in total. The fourth-order valence-electron chi connectivity index (χ4n) is 3.90. The van der Waals surface area contributed by atoms with E-state index in [9.17, 15) is 14.4 Å². The smallest absolute Gasteiger partial charge is 0.257 e. The van der Waals surface area contributed by atoms with Crippen molar-refractivity contribution >= 4 is 23.4 Å². The Bertz CT molecular complexity index is 797. The SMILES string of the molecule is CCCNC(=O)C[C@@H]1CC[C@@H]2[C@@H](COc3ccc(NC(=O)CC)cc3C(=O)N2C)O1. The summed E-state index contributed by atoms with van der Waals surface area (Å²) < 4.78 is 12.1. The number of nitrogens with one attached hydrogen (secondary N) is 2. The van der Waals surface area contributed by atoms with Gasteiger partial charge in [-0.2, -0.15) is 0 Å². The molecule has 0 bridgehead atoms. The van der Waals surface area contributed by atoms with Gasteiger partial charge in [0, 0.05) is 25.7 Å². The Kier molecular flexibility index (Phi) is 7.31. The molecular formula is C22H31N3O5. The number of carbonyl (C=O) groups excluding carboxylic acids is 3. The van der Waals surface area contributed by atoms with Crippen LogP contribution in [0.4, 0.5) is 5.69 Å². The van der Waals surface area contributed by atoms with Gasteiger partial charge in [0.05, 0.1) is 24.1 Å². The minimum absolute atomic E-state index is 0.0107. The minimum atomic E-state index is -0.302. The maximum absolute atomic E-state index is 13.1. The van der Waals surface area contributed by atoms with Crippen LogP contribution >= 0.6 is 0 Å². The van der Waals surface area contributed by atoms with E-state index in [1.165, 1.54) is 0 Å². The molecule has 1 saturated heterocycles. The van der Waals surface area contributed by atoms with Crippen LogP contribution in [0.25, 0.3) is 0 Å². The van der Waals surface area contributed by atoms with Crippen LogP contribution in [0.1, 0.15) is 56.3 Å². The van der Waals surface area contributed by atoms with E-state index in [0.717, 1.165) is 12.8 Å². The third-order valence-corrected chi connectivity index (χ3v) is 5.60. The van der Waals surface area contributed by atoms with Gasteiger partial charge in [0.2, 0.25) is 11.8 Å². The van der Waals surface area contributed by atoms with Gasteiger partial charge in [-0.1, -0.05) is 13.8 Å². The van der Waals surface area contributed by atoms with Crippen molar-refractivity contribution < 1.29 is 23.9 Å². The van der Waals surface area contributed by atoms with Crippen LogP contribution in [0.3, 0.4) is 0 Å². The monoisotopic (exact) mass is 417 g/mol. The summed E-state index contributed by atoms with van der Waals surface area (Å²) in [7, 11) is 1.77. The number of fused-ring (bicyclic) bond motifs is 2. The van der Waals surface area contributed by atoms with Gasteiger partial charge in [0.25, 0.3) is 5.91 Å². The third-order valence-electron chi connectivity index (χ3n) is 5.60. The molecule has 0 aromatic heterocycles.